The first-order valence-corrected chi connectivity index (χ1v) is 7.57. The summed E-state index contributed by atoms with van der Waals surface area (Å²) in [5, 5.41) is 0. The van der Waals surface area contributed by atoms with Gasteiger partial charge in [0.2, 0.25) is 0 Å². The Morgan fingerprint density at radius 1 is 1.13 bits per heavy atom. The van der Waals surface area contributed by atoms with Crippen molar-refractivity contribution < 1.29 is 9.47 Å². The molecule has 4 nitrogen and oxygen atoms in total. The Morgan fingerprint density at radius 2 is 1.87 bits per heavy atom. The third-order valence-electron chi connectivity index (χ3n) is 2.97. The molecule has 0 N–H and O–H groups in total. The van der Waals surface area contributed by atoms with Crippen LogP contribution < -0.4 is 9.47 Å². The maximum atomic E-state index is 6.94. The summed E-state index contributed by atoms with van der Waals surface area (Å²) in [4.78, 5) is 7.78. The molecule has 0 heterocycles. The standard InChI is InChI=1S/C19H20N2O2/c1-5-22-19-12-15(6-11-18(19)23-14(2)3)13-21-17-9-7-16(20-4)8-10-17/h6-14H,5H2,1-3H3. The lowest BCUT2D eigenvalue weighted by Crippen LogP contribution is -2.07. The summed E-state index contributed by atoms with van der Waals surface area (Å²) in [7, 11) is 0. The van der Waals surface area contributed by atoms with Gasteiger partial charge in [-0.15, -0.1) is 0 Å². The van der Waals surface area contributed by atoms with E-state index in [2.05, 4.69) is 9.84 Å². The van der Waals surface area contributed by atoms with E-state index >= 15 is 0 Å². The molecule has 0 aromatic heterocycles. The molecule has 2 aromatic rings. The van der Waals surface area contributed by atoms with Gasteiger partial charge in [0, 0.05) is 6.21 Å². The van der Waals surface area contributed by atoms with Crippen molar-refractivity contribution in [2.45, 2.75) is 26.9 Å². The molecule has 0 aliphatic heterocycles. The van der Waals surface area contributed by atoms with Gasteiger partial charge in [-0.05, 0) is 56.7 Å². The molecule has 0 fully saturated rings. The predicted octanol–water partition coefficient (Wildman–Crippen LogP) is 5.17. The molecule has 0 aliphatic carbocycles. The van der Waals surface area contributed by atoms with Crippen molar-refractivity contribution in [1.82, 2.24) is 0 Å². The highest BCUT2D eigenvalue weighted by molar-refractivity contribution is 5.83. The molecule has 0 atom stereocenters. The Kier molecular flexibility index (Phi) is 5.76. The van der Waals surface area contributed by atoms with Crippen molar-refractivity contribution in [3.63, 3.8) is 0 Å². The molecule has 23 heavy (non-hydrogen) atoms. The van der Waals surface area contributed by atoms with Crippen molar-refractivity contribution in [3.05, 3.63) is 59.4 Å². The highest BCUT2D eigenvalue weighted by Crippen LogP contribution is 2.29. The van der Waals surface area contributed by atoms with Crippen LogP contribution in [0.5, 0.6) is 11.5 Å². The summed E-state index contributed by atoms with van der Waals surface area (Å²) in [5.74, 6) is 1.45. The van der Waals surface area contributed by atoms with Crippen LogP contribution in [-0.4, -0.2) is 18.9 Å². The highest BCUT2D eigenvalue weighted by Gasteiger charge is 2.07. The second-order valence-electron chi connectivity index (χ2n) is 5.19. The molecule has 0 saturated heterocycles. The average Bonchev–Trinajstić information content (AvgIpc) is 2.55. The van der Waals surface area contributed by atoms with Crippen molar-refractivity contribution >= 4 is 17.6 Å². The van der Waals surface area contributed by atoms with Gasteiger partial charge in [0.1, 0.15) is 0 Å². The molecule has 0 bridgehead atoms. The van der Waals surface area contributed by atoms with E-state index in [1.165, 1.54) is 0 Å². The summed E-state index contributed by atoms with van der Waals surface area (Å²) in [5.41, 5.74) is 2.34. The van der Waals surface area contributed by atoms with Crippen molar-refractivity contribution in [2.75, 3.05) is 6.61 Å². The second-order valence-corrected chi connectivity index (χ2v) is 5.19. The molecule has 0 unspecified atom stereocenters. The third-order valence-corrected chi connectivity index (χ3v) is 2.97. The largest absolute Gasteiger partial charge is 0.490 e. The lowest BCUT2D eigenvalue weighted by atomic mass is 10.2. The maximum Gasteiger partial charge on any atom is 0.187 e. The number of aliphatic imine (C=N–C) groups is 1. The van der Waals surface area contributed by atoms with Gasteiger partial charge in [-0.25, -0.2) is 4.85 Å². The summed E-state index contributed by atoms with van der Waals surface area (Å²) >= 11 is 0. The highest BCUT2D eigenvalue weighted by atomic mass is 16.5. The molecule has 0 radical (unpaired) electrons. The summed E-state index contributed by atoms with van der Waals surface area (Å²) < 4.78 is 11.4. The lowest BCUT2D eigenvalue weighted by Gasteiger charge is -2.14. The monoisotopic (exact) mass is 308 g/mol. The molecule has 2 rings (SSSR count). The number of hydrogen-bond donors (Lipinski definition) is 0. The van der Waals surface area contributed by atoms with Crippen LogP contribution in [0.3, 0.4) is 0 Å². The normalized spacial score (nSPS) is 10.7. The quantitative estimate of drug-likeness (QED) is 0.545. The Labute approximate surface area is 137 Å². The molecular formula is C19H20N2O2. The van der Waals surface area contributed by atoms with Gasteiger partial charge >= 0.3 is 0 Å². The second kappa shape index (κ2) is 8.00. The van der Waals surface area contributed by atoms with Crippen LogP contribution in [0, 0.1) is 6.57 Å². The number of benzene rings is 2. The molecular weight excluding hydrogens is 288 g/mol. The van der Waals surface area contributed by atoms with Crippen LogP contribution in [0.2, 0.25) is 0 Å². The minimum absolute atomic E-state index is 0.0923. The van der Waals surface area contributed by atoms with Crippen LogP contribution in [-0.2, 0) is 0 Å². The average molecular weight is 308 g/mol. The predicted molar refractivity (Wildman–Crippen MR) is 93.3 cm³/mol. The van der Waals surface area contributed by atoms with Crippen LogP contribution in [0.4, 0.5) is 11.4 Å². The fourth-order valence-corrected chi connectivity index (χ4v) is 1.99. The summed E-state index contributed by atoms with van der Waals surface area (Å²) in [6, 6.07) is 12.9. The van der Waals surface area contributed by atoms with E-state index in [0.29, 0.717) is 18.0 Å². The van der Waals surface area contributed by atoms with Crippen LogP contribution >= 0.6 is 0 Å². The minimum Gasteiger partial charge on any atom is -0.490 e. The number of hydrogen-bond acceptors (Lipinski definition) is 3. The number of ether oxygens (including phenoxy) is 2. The topological polar surface area (TPSA) is 35.2 Å². The Bertz CT molecular complexity index is 713. The Hall–Kier alpha value is -2.80. The van der Waals surface area contributed by atoms with Crippen molar-refractivity contribution in [2.24, 2.45) is 4.99 Å². The molecule has 0 aliphatic rings. The van der Waals surface area contributed by atoms with Crippen LogP contribution in [0.1, 0.15) is 26.3 Å². The van der Waals surface area contributed by atoms with E-state index in [1.54, 1.807) is 18.3 Å². The first kappa shape index (κ1) is 16.6. The summed E-state index contributed by atoms with van der Waals surface area (Å²) in [6.45, 7) is 13.4. The molecule has 0 saturated carbocycles. The molecule has 2 aromatic carbocycles. The van der Waals surface area contributed by atoms with E-state index in [0.717, 1.165) is 17.0 Å². The maximum absolute atomic E-state index is 6.94. The van der Waals surface area contributed by atoms with Gasteiger partial charge < -0.3 is 9.47 Å². The first-order valence-electron chi connectivity index (χ1n) is 7.57. The zero-order chi connectivity index (χ0) is 16.7. The zero-order valence-electron chi connectivity index (χ0n) is 13.6. The number of nitrogens with zero attached hydrogens (tertiary/aromatic N) is 2. The fourth-order valence-electron chi connectivity index (χ4n) is 1.99. The van der Waals surface area contributed by atoms with Crippen LogP contribution in [0.25, 0.3) is 4.85 Å². The number of rotatable bonds is 6. The minimum atomic E-state index is 0.0923. The van der Waals surface area contributed by atoms with Gasteiger partial charge in [0.05, 0.1) is 25.0 Å². The van der Waals surface area contributed by atoms with Gasteiger partial charge in [-0.1, -0.05) is 12.1 Å². The van der Waals surface area contributed by atoms with Gasteiger partial charge in [-0.3, -0.25) is 4.99 Å². The zero-order valence-corrected chi connectivity index (χ0v) is 13.6. The van der Waals surface area contributed by atoms with E-state index in [-0.39, 0.29) is 6.10 Å². The van der Waals surface area contributed by atoms with Crippen molar-refractivity contribution in [1.29, 1.82) is 0 Å². The Balaban J connectivity index is 2.20. The molecule has 118 valence electrons. The van der Waals surface area contributed by atoms with E-state index in [9.17, 15) is 0 Å². The fraction of sp³-hybridized carbons (Fsp3) is 0.263. The van der Waals surface area contributed by atoms with E-state index in [4.69, 9.17) is 16.0 Å². The lowest BCUT2D eigenvalue weighted by molar-refractivity contribution is 0.224. The molecule has 0 amide bonds. The SMILES string of the molecule is [C-]#[N+]c1ccc(N=Cc2ccc(OC(C)C)c(OCC)c2)cc1. The first-order chi connectivity index (χ1) is 11.1. The molecule has 0 spiro atoms. The van der Waals surface area contributed by atoms with E-state index in [1.807, 2.05) is 51.1 Å². The van der Waals surface area contributed by atoms with Crippen molar-refractivity contribution in [3.8, 4) is 11.5 Å². The smallest absolute Gasteiger partial charge is 0.187 e. The van der Waals surface area contributed by atoms with Crippen LogP contribution in [0.15, 0.2) is 47.5 Å². The van der Waals surface area contributed by atoms with Gasteiger partial charge in [-0.2, -0.15) is 0 Å². The molecule has 4 heteroatoms. The third kappa shape index (κ3) is 4.86. The van der Waals surface area contributed by atoms with Gasteiger partial charge in [0.15, 0.2) is 17.2 Å². The Morgan fingerprint density at radius 3 is 2.48 bits per heavy atom. The summed E-state index contributed by atoms with van der Waals surface area (Å²) in [6.07, 6.45) is 1.86. The van der Waals surface area contributed by atoms with Gasteiger partial charge in [0.25, 0.3) is 0 Å². The van der Waals surface area contributed by atoms with E-state index < -0.39 is 0 Å².